The van der Waals surface area contributed by atoms with Gasteiger partial charge in [-0.05, 0) is 6.92 Å². The molecular formula is C10H28N6. The van der Waals surface area contributed by atoms with E-state index < -0.39 is 0 Å². The zero-order chi connectivity index (χ0) is 12.2. The van der Waals surface area contributed by atoms with Crippen molar-refractivity contribution in [3.8, 4) is 0 Å². The molecule has 0 aromatic carbocycles. The SMILES string of the molecule is CC(N)N1CCNCC1.NCCNCCN. The zero-order valence-corrected chi connectivity index (χ0v) is 10.4. The second kappa shape index (κ2) is 11.3. The minimum absolute atomic E-state index is 0.229. The third kappa shape index (κ3) is 9.02. The molecule has 0 radical (unpaired) electrons. The van der Waals surface area contributed by atoms with Crippen LogP contribution in [0.3, 0.4) is 0 Å². The molecule has 1 saturated heterocycles. The fourth-order valence-electron chi connectivity index (χ4n) is 1.42. The Morgan fingerprint density at radius 1 is 1.19 bits per heavy atom. The Labute approximate surface area is 98.9 Å². The summed E-state index contributed by atoms with van der Waals surface area (Å²) in [6, 6.07) is 0. The van der Waals surface area contributed by atoms with Gasteiger partial charge in [-0.2, -0.15) is 0 Å². The van der Waals surface area contributed by atoms with Crippen molar-refractivity contribution in [3.63, 3.8) is 0 Å². The first-order valence-corrected chi connectivity index (χ1v) is 6.03. The van der Waals surface area contributed by atoms with Crippen LogP contribution in [0.2, 0.25) is 0 Å². The topological polar surface area (TPSA) is 105 Å². The summed E-state index contributed by atoms with van der Waals surface area (Å²) in [5.41, 5.74) is 16.0. The highest BCUT2D eigenvalue weighted by Crippen LogP contribution is 1.93. The van der Waals surface area contributed by atoms with E-state index in [4.69, 9.17) is 17.2 Å². The Morgan fingerprint density at radius 3 is 2.00 bits per heavy atom. The number of hydrogen-bond donors (Lipinski definition) is 5. The van der Waals surface area contributed by atoms with Crippen LogP contribution in [0.5, 0.6) is 0 Å². The van der Waals surface area contributed by atoms with Crippen LogP contribution in [0.15, 0.2) is 0 Å². The van der Waals surface area contributed by atoms with Gasteiger partial charge in [0, 0.05) is 52.4 Å². The molecule has 1 aliphatic rings. The molecule has 6 nitrogen and oxygen atoms in total. The van der Waals surface area contributed by atoms with Crippen LogP contribution in [0.1, 0.15) is 6.92 Å². The van der Waals surface area contributed by atoms with E-state index >= 15 is 0 Å². The van der Waals surface area contributed by atoms with Crippen LogP contribution in [-0.2, 0) is 0 Å². The van der Waals surface area contributed by atoms with Crippen LogP contribution in [-0.4, -0.2) is 63.4 Å². The van der Waals surface area contributed by atoms with Crippen LogP contribution < -0.4 is 27.8 Å². The fourth-order valence-corrected chi connectivity index (χ4v) is 1.42. The predicted octanol–water partition coefficient (Wildman–Crippen LogP) is -2.31. The first kappa shape index (κ1) is 15.8. The number of nitrogens with one attached hydrogen (secondary N) is 2. The summed E-state index contributed by atoms with van der Waals surface area (Å²) in [5, 5.41) is 6.31. The minimum Gasteiger partial charge on any atom is -0.329 e. The first-order valence-electron chi connectivity index (χ1n) is 6.03. The summed E-state index contributed by atoms with van der Waals surface area (Å²) in [5.74, 6) is 0. The highest BCUT2D eigenvalue weighted by Gasteiger charge is 2.11. The van der Waals surface area contributed by atoms with Gasteiger partial charge in [-0.1, -0.05) is 0 Å². The van der Waals surface area contributed by atoms with Crippen molar-refractivity contribution in [2.24, 2.45) is 17.2 Å². The van der Waals surface area contributed by atoms with Gasteiger partial charge in [0.05, 0.1) is 6.17 Å². The van der Waals surface area contributed by atoms with Crippen LogP contribution in [0.25, 0.3) is 0 Å². The summed E-state index contributed by atoms with van der Waals surface area (Å²) in [7, 11) is 0. The van der Waals surface area contributed by atoms with Gasteiger partial charge in [-0.25, -0.2) is 0 Å². The van der Waals surface area contributed by atoms with E-state index in [9.17, 15) is 0 Å². The first-order chi connectivity index (χ1) is 7.72. The molecule has 0 bridgehead atoms. The number of nitrogens with two attached hydrogens (primary N) is 3. The summed E-state index contributed by atoms with van der Waals surface area (Å²) in [4.78, 5) is 2.27. The molecule has 1 unspecified atom stereocenters. The Bertz CT molecular complexity index is 131. The maximum Gasteiger partial charge on any atom is 0.0543 e. The predicted molar refractivity (Wildman–Crippen MR) is 69.1 cm³/mol. The van der Waals surface area contributed by atoms with E-state index in [1.165, 1.54) is 0 Å². The van der Waals surface area contributed by atoms with Gasteiger partial charge in [-0.3, -0.25) is 4.90 Å². The summed E-state index contributed by atoms with van der Waals surface area (Å²) in [6.45, 7) is 9.53. The van der Waals surface area contributed by atoms with E-state index in [2.05, 4.69) is 15.5 Å². The van der Waals surface area contributed by atoms with Crippen molar-refractivity contribution in [2.45, 2.75) is 13.1 Å². The molecule has 0 spiro atoms. The lowest BCUT2D eigenvalue weighted by atomic mass is 10.3. The van der Waals surface area contributed by atoms with E-state index in [1.807, 2.05) is 6.92 Å². The van der Waals surface area contributed by atoms with Crippen LogP contribution in [0, 0.1) is 0 Å². The fraction of sp³-hybridized carbons (Fsp3) is 1.00. The molecule has 0 saturated carbocycles. The molecule has 0 aliphatic carbocycles. The molecule has 1 rings (SSSR count). The second-order valence-electron chi connectivity index (χ2n) is 3.85. The average molecular weight is 232 g/mol. The standard InChI is InChI=1S/C6H15N3.C4H13N3/c1-6(7)9-4-2-8-3-5-9;5-1-3-7-4-2-6/h6,8H,2-5,7H2,1H3;7H,1-6H2. The second-order valence-corrected chi connectivity index (χ2v) is 3.85. The molecule has 8 N–H and O–H groups in total. The number of piperazine rings is 1. The zero-order valence-electron chi connectivity index (χ0n) is 10.4. The third-order valence-electron chi connectivity index (χ3n) is 2.37. The summed E-state index contributed by atoms with van der Waals surface area (Å²) < 4.78 is 0. The molecule has 0 aromatic heterocycles. The molecule has 0 aromatic rings. The van der Waals surface area contributed by atoms with Gasteiger partial charge >= 0.3 is 0 Å². The average Bonchev–Trinajstić information content (AvgIpc) is 2.32. The highest BCUT2D eigenvalue weighted by molar-refractivity contribution is 4.69. The van der Waals surface area contributed by atoms with E-state index in [-0.39, 0.29) is 6.17 Å². The molecule has 1 atom stereocenters. The maximum atomic E-state index is 5.67. The third-order valence-corrected chi connectivity index (χ3v) is 2.37. The van der Waals surface area contributed by atoms with Gasteiger partial charge in [-0.15, -0.1) is 0 Å². The molecule has 0 amide bonds. The van der Waals surface area contributed by atoms with Gasteiger partial charge in [0.1, 0.15) is 0 Å². The molecule has 1 heterocycles. The Hall–Kier alpha value is -0.240. The van der Waals surface area contributed by atoms with Gasteiger partial charge in [0.15, 0.2) is 0 Å². The molecule has 16 heavy (non-hydrogen) atoms. The Balaban J connectivity index is 0.000000293. The normalized spacial score (nSPS) is 18.8. The van der Waals surface area contributed by atoms with Gasteiger partial charge in [0.25, 0.3) is 0 Å². The highest BCUT2D eigenvalue weighted by atomic mass is 15.2. The summed E-state index contributed by atoms with van der Waals surface area (Å²) >= 11 is 0. The van der Waals surface area contributed by atoms with Crippen molar-refractivity contribution in [1.29, 1.82) is 0 Å². The van der Waals surface area contributed by atoms with Gasteiger partial charge < -0.3 is 27.8 Å². The molecular weight excluding hydrogens is 204 g/mol. The van der Waals surface area contributed by atoms with Crippen LogP contribution in [0.4, 0.5) is 0 Å². The summed E-state index contributed by atoms with van der Waals surface area (Å²) in [6.07, 6.45) is 0.229. The smallest absolute Gasteiger partial charge is 0.0543 e. The lowest BCUT2D eigenvalue weighted by molar-refractivity contribution is 0.188. The van der Waals surface area contributed by atoms with Crippen molar-refractivity contribution < 1.29 is 0 Å². The lowest BCUT2D eigenvalue weighted by Crippen LogP contribution is -2.50. The Morgan fingerprint density at radius 2 is 1.69 bits per heavy atom. The Kier molecular flexibility index (Phi) is 11.1. The van der Waals surface area contributed by atoms with E-state index in [1.54, 1.807) is 0 Å². The van der Waals surface area contributed by atoms with Gasteiger partial charge in [0.2, 0.25) is 0 Å². The number of hydrogen-bond acceptors (Lipinski definition) is 6. The molecule has 1 aliphatic heterocycles. The van der Waals surface area contributed by atoms with Crippen LogP contribution >= 0.6 is 0 Å². The number of nitrogens with zero attached hydrogens (tertiary/aromatic N) is 1. The monoisotopic (exact) mass is 232 g/mol. The molecule has 98 valence electrons. The largest absolute Gasteiger partial charge is 0.329 e. The minimum atomic E-state index is 0.229. The number of rotatable bonds is 5. The van der Waals surface area contributed by atoms with Crippen molar-refractivity contribution in [3.05, 3.63) is 0 Å². The van der Waals surface area contributed by atoms with E-state index in [0.717, 1.165) is 39.3 Å². The van der Waals surface area contributed by atoms with E-state index in [0.29, 0.717) is 13.1 Å². The quantitative estimate of drug-likeness (QED) is 0.341. The molecule has 1 fully saturated rings. The maximum absolute atomic E-state index is 5.67. The lowest BCUT2D eigenvalue weighted by Gasteiger charge is -2.30. The van der Waals surface area contributed by atoms with Crippen molar-refractivity contribution in [2.75, 3.05) is 52.4 Å². The molecule has 6 heteroatoms. The van der Waals surface area contributed by atoms with Crippen molar-refractivity contribution in [1.82, 2.24) is 15.5 Å². The van der Waals surface area contributed by atoms with Crippen molar-refractivity contribution >= 4 is 0 Å².